The highest BCUT2D eigenvalue weighted by atomic mass is 16.4. The molecule has 0 bridgehead atoms. The molecule has 2 aromatic carbocycles. The van der Waals surface area contributed by atoms with Gasteiger partial charge in [-0.05, 0) is 73.4 Å². The molecule has 35 heavy (non-hydrogen) atoms. The maximum atomic E-state index is 13.1. The number of carboxylic acid groups (broad SMARTS) is 1. The van der Waals surface area contributed by atoms with Crippen molar-refractivity contribution >= 4 is 39.5 Å². The average Bonchev–Trinajstić information content (AvgIpc) is 3.37. The summed E-state index contributed by atoms with van der Waals surface area (Å²) in [7, 11) is 0. The van der Waals surface area contributed by atoms with E-state index < -0.39 is 5.97 Å². The van der Waals surface area contributed by atoms with Gasteiger partial charge in [0.25, 0.3) is 0 Å². The lowest BCUT2D eigenvalue weighted by molar-refractivity contribution is 0.0686. The molecule has 8 heteroatoms. The van der Waals surface area contributed by atoms with Gasteiger partial charge >= 0.3 is 12.0 Å². The first-order valence-corrected chi connectivity index (χ1v) is 11.9. The van der Waals surface area contributed by atoms with Crippen LogP contribution in [0.5, 0.6) is 0 Å². The van der Waals surface area contributed by atoms with Crippen molar-refractivity contribution in [2.24, 2.45) is 5.73 Å². The van der Waals surface area contributed by atoms with Gasteiger partial charge in [-0.15, -0.1) is 0 Å². The number of fused-ring (bicyclic) bond motifs is 2. The number of anilines is 1. The van der Waals surface area contributed by atoms with Gasteiger partial charge in [-0.2, -0.15) is 0 Å². The molecule has 2 atom stereocenters. The van der Waals surface area contributed by atoms with Crippen LogP contribution in [-0.2, 0) is 13.1 Å². The monoisotopic (exact) mass is 471 g/mol. The van der Waals surface area contributed by atoms with Crippen molar-refractivity contribution in [1.82, 2.24) is 14.5 Å². The molecule has 180 valence electrons. The lowest BCUT2D eigenvalue weighted by Crippen LogP contribution is -2.41. The van der Waals surface area contributed by atoms with Crippen molar-refractivity contribution in [3.05, 3.63) is 71.5 Å². The largest absolute Gasteiger partial charge is 0.477 e. The fraction of sp³-hybridized carbons (Fsp3) is 0.296. The molecule has 5 rings (SSSR count). The first-order valence-electron chi connectivity index (χ1n) is 11.9. The number of carbonyl (C=O) groups excluding carboxylic acids is 1. The zero-order chi connectivity index (χ0) is 24.7. The number of nitrogens with zero attached hydrogens (tertiary/aromatic N) is 3. The highest BCUT2D eigenvalue weighted by Crippen LogP contribution is 2.29. The Hall–Kier alpha value is -3.91. The van der Waals surface area contributed by atoms with Crippen LogP contribution >= 0.6 is 0 Å². The summed E-state index contributed by atoms with van der Waals surface area (Å²) < 4.78 is 1.70. The van der Waals surface area contributed by atoms with Crippen LogP contribution in [-0.4, -0.2) is 43.6 Å². The van der Waals surface area contributed by atoms with E-state index >= 15 is 0 Å². The quantitative estimate of drug-likeness (QED) is 0.387. The van der Waals surface area contributed by atoms with Crippen molar-refractivity contribution in [3.63, 3.8) is 0 Å². The second kappa shape index (κ2) is 9.03. The van der Waals surface area contributed by atoms with Crippen LogP contribution in [0.25, 0.3) is 21.8 Å². The van der Waals surface area contributed by atoms with E-state index in [1.807, 2.05) is 53.4 Å². The summed E-state index contributed by atoms with van der Waals surface area (Å²) in [5, 5.41) is 15.7. The minimum absolute atomic E-state index is 0.115. The number of benzene rings is 2. The van der Waals surface area contributed by atoms with E-state index in [0.717, 1.165) is 34.6 Å². The standard InChI is InChI=1S/C27H29N5O3/c1-16-7-8-17(2)32(16)27(35)30-22-11-18-5-3-4-6-23(18)20(12-22)15-31-24(26(33)34)13-19-9-10-21(14-28)29-25(19)31/h3-6,9-13,16-17H,7-8,14-15,28H2,1-2H3,(H,30,35)(H,33,34). The molecule has 1 aliphatic rings. The summed E-state index contributed by atoms with van der Waals surface area (Å²) in [5.74, 6) is -1.02. The number of rotatable bonds is 5. The number of hydrogen-bond acceptors (Lipinski definition) is 4. The van der Waals surface area contributed by atoms with Crippen molar-refractivity contribution in [2.75, 3.05) is 5.32 Å². The van der Waals surface area contributed by atoms with Gasteiger partial charge in [0.1, 0.15) is 11.3 Å². The van der Waals surface area contributed by atoms with Gasteiger partial charge in [-0.25, -0.2) is 14.6 Å². The second-order valence-corrected chi connectivity index (χ2v) is 9.31. The Balaban J connectivity index is 1.58. The van der Waals surface area contributed by atoms with E-state index in [9.17, 15) is 14.7 Å². The zero-order valence-corrected chi connectivity index (χ0v) is 19.9. The Labute approximate surface area is 203 Å². The number of carboxylic acids is 1. The van der Waals surface area contributed by atoms with Crippen LogP contribution in [0.3, 0.4) is 0 Å². The van der Waals surface area contributed by atoms with Gasteiger partial charge in [0, 0.05) is 29.7 Å². The van der Waals surface area contributed by atoms with Crippen LogP contribution in [0, 0.1) is 0 Å². The second-order valence-electron chi connectivity index (χ2n) is 9.31. The van der Waals surface area contributed by atoms with Crippen molar-refractivity contribution in [2.45, 2.75) is 51.9 Å². The zero-order valence-electron chi connectivity index (χ0n) is 19.9. The smallest absolute Gasteiger partial charge is 0.352 e. The predicted octanol–water partition coefficient (Wildman–Crippen LogP) is 4.80. The van der Waals surface area contributed by atoms with Crippen molar-refractivity contribution < 1.29 is 14.7 Å². The SMILES string of the molecule is CC1CCC(C)N1C(=O)Nc1cc(Cn2c(C(=O)O)cc3ccc(CN)nc32)c2ccccc2c1. The number of nitrogens with two attached hydrogens (primary N) is 1. The summed E-state index contributed by atoms with van der Waals surface area (Å²) in [6.45, 7) is 4.69. The maximum absolute atomic E-state index is 13.1. The normalized spacial score (nSPS) is 17.9. The molecule has 2 unspecified atom stereocenters. The van der Waals surface area contributed by atoms with E-state index in [4.69, 9.17) is 5.73 Å². The number of aromatic carboxylic acids is 1. The molecule has 2 aromatic heterocycles. The van der Waals surface area contributed by atoms with Gasteiger partial charge in [0.15, 0.2) is 0 Å². The number of likely N-dealkylation sites (tertiary alicyclic amines) is 1. The van der Waals surface area contributed by atoms with Crippen LogP contribution in [0.15, 0.2) is 54.6 Å². The summed E-state index contributed by atoms with van der Waals surface area (Å²) in [6.07, 6.45) is 1.99. The molecular weight excluding hydrogens is 442 g/mol. The van der Waals surface area contributed by atoms with Crippen LogP contribution < -0.4 is 11.1 Å². The van der Waals surface area contributed by atoms with E-state index in [2.05, 4.69) is 24.1 Å². The predicted molar refractivity (Wildman–Crippen MR) is 137 cm³/mol. The number of pyridine rings is 1. The molecular formula is C27H29N5O3. The Morgan fingerprint density at radius 3 is 2.51 bits per heavy atom. The topological polar surface area (TPSA) is 113 Å². The first kappa shape index (κ1) is 22.9. The molecule has 0 saturated carbocycles. The Morgan fingerprint density at radius 1 is 1.06 bits per heavy atom. The summed E-state index contributed by atoms with van der Waals surface area (Å²) in [5.41, 5.74) is 8.77. The molecule has 1 aliphatic heterocycles. The number of aromatic nitrogens is 2. The van der Waals surface area contributed by atoms with Gasteiger partial charge in [-0.3, -0.25) is 0 Å². The van der Waals surface area contributed by atoms with E-state index in [1.54, 1.807) is 10.6 Å². The molecule has 0 spiro atoms. The first-order chi connectivity index (χ1) is 16.9. The lowest BCUT2D eigenvalue weighted by Gasteiger charge is -2.26. The number of carbonyl (C=O) groups is 2. The molecule has 4 aromatic rings. The number of urea groups is 1. The third-order valence-electron chi connectivity index (χ3n) is 6.94. The summed E-state index contributed by atoms with van der Waals surface area (Å²) >= 11 is 0. The number of hydrogen-bond donors (Lipinski definition) is 3. The lowest BCUT2D eigenvalue weighted by atomic mass is 10.0. The minimum Gasteiger partial charge on any atom is -0.477 e. The maximum Gasteiger partial charge on any atom is 0.352 e. The summed E-state index contributed by atoms with van der Waals surface area (Å²) in [6, 6.07) is 17.3. The molecule has 8 nitrogen and oxygen atoms in total. The Bertz CT molecular complexity index is 1430. The van der Waals surface area contributed by atoms with Crippen LogP contribution in [0.4, 0.5) is 10.5 Å². The van der Waals surface area contributed by atoms with Crippen molar-refractivity contribution in [1.29, 1.82) is 0 Å². The molecule has 4 N–H and O–H groups in total. The van der Waals surface area contributed by atoms with Gasteiger partial charge in [-0.1, -0.05) is 24.3 Å². The fourth-order valence-electron chi connectivity index (χ4n) is 5.16. The average molecular weight is 472 g/mol. The third kappa shape index (κ3) is 4.21. The van der Waals surface area contributed by atoms with E-state index in [-0.39, 0.29) is 36.9 Å². The molecule has 0 radical (unpaired) electrons. The Morgan fingerprint density at radius 2 is 1.80 bits per heavy atom. The fourth-order valence-corrected chi connectivity index (χ4v) is 5.16. The number of amides is 2. The molecule has 1 fully saturated rings. The minimum atomic E-state index is -1.02. The van der Waals surface area contributed by atoms with Gasteiger partial charge < -0.3 is 25.6 Å². The Kier molecular flexibility index (Phi) is 5.90. The van der Waals surface area contributed by atoms with E-state index in [1.165, 1.54) is 0 Å². The molecule has 2 amide bonds. The highest BCUT2D eigenvalue weighted by molar-refractivity contribution is 5.96. The van der Waals surface area contributed by atoms with Crippen LogP contribution in [0.2, 0.25) is 0 Å². The van der Waals surface area contributed by atoms with Crippen molar-refractivity contribution in [3.8, 4) is 0 Å². The highest BCUT2D eigenvalue weighted by Gasteiger charge is 2.31. The number of nitrogens with one attached hydrogen (secondary N) is 1. The molecule has 1 saturated heterocycles. The summed E-state index contributed by atoms with van der Waals surface area (Å²) in [4.78, 5) is 31.7. The van der Waals surface area contributed by atoms with Crippen LogP contribution in [0.1, 0.15) is 48.4 Å². The van der Waals surface area contributed by atoms with E-state index in [0.29, 0.717) is 17.0 Å². The van der Waals surface area contributed by atoms with Gasteiger partial charge in [0.05, 0.1) is 12.2 Å². The molecule has 0 aliphatic carbocycles. The van der Waals surface area contributed by atoms with Gasteiger partial charge in [0.2, 0.25) is 0 Å². The molecule has 3 heterocycles. The third-order valence-corrected chi connectivity index (χ3v) is 6.94.